The molecule has 0 aromatic heterocycles. The quantitative estimate of drug-likeness (QED) is 0.532. The number of benzene rings is 2. The molecule has 0 saturated heterocycles. The Balaban J connectivity index is 1.96. The second kappa shape index (κ2) is 7.44. The van der Waals surface area contributed by atoms with Crippen LogP contribution in [0.1, 0.15) is 78.0 Å². The van der Waals surface area contributed by atoms with Crippen LogP contribution in [0.2, 0.25) is 0 Å². The summed E-state index contributed by atoms with van der Waals surface area (Å²) < 4.78 is 0. The number of aromatic hydroxyl groups is 1. The molecule has 0 spiro atoms. The number of phenolic OH excluding ortho intramolecular Hbond substituents is 1. The van der Waals surface area contributed by atoms with Crippen molar-refractivity contribution in [2.24, 2.45) is 0 Å². The van der Waals surface area contributed by atoms with Gasteiger partial charge in [0.05, 0.1) is 0 Å². The molecule has 2 aromatic rings. The van der Waals surface area contributed by atoms with Gasteiger partial charge in [-0.1, -0.05) is 66.7 Å². The van der Waals surface area contributed by atoms with Gasteiger partial charge in [0.25, 0.3) is 0 Å². The van der Waals surface area contributed by atoms with E-state index in [0.29, 0.717) is 11.7 Å². The van der Waals surface area contributed by atoms with Gasteiger partial charge in [0.1, 0.15) is 5.75 Å². The van der Waals surface area contributed by atoms with E-state index in [1.807, 2.05) is 6.07 Å². The van der Waals surface area contributed by atoms with Crippen LogP contribution in [0.3, 0.4) is 0 Å². The van der Waals surface area contributed by atoms with E-state index >= 15 is 0 Å². The van der Waals surface area contributed by atoms with E-state index in [4.69, 9.17) is 0 Å². The maximum absolute atomic E-state index is 10.8. The van der Waals surface area contributed by atoms with Gasteiger partial charge < -0.3 is 15.7 Å². The first-order chi connectivity index (χ1) is 13.4. The van der Waals surface area contributed by atoms with E-state index in [0.717, 1.165) is 11.3 Å². The zero-order valence-electron chi connectivity index (χ0n) is 19.1. The highest BCUT2D eigenvalue weighted by Crippen LogP contribution is 2.41. The lowest BCUT2D eigenvalue weighted by Crippen LogP contribution is -2.27. The minimum Gasteiger partial charge on any atom is -0.508 e. The highest BCUT2D eigenvalue weighted by Gasteiger charge is 2.28. The van der Waals surface area contributed by atoms with Crippen LogP contribution in [0, 0.1) is 0 Å². The first-order valence-corrected chi connectivity index (χ1v) is 10.6. The molecular formula is C26H36N2O. The molecule has 0 saturated carbocycles. The highest BCUT2D eigenvalue weighted by atomic mass is 16.3. The van der Waals surface area contributed by atoms with E-state index in [1.54, 1.807) is 0 Å². The Bertz CT molecular complexity index is 929. The van der Waals surface area contributed by atoms with Gasteiger partial charge in [0.15, 0.2) is 0 Å². The second-order valence-corrected chi connectivity index (χ2v) is 10.4. The first kappa shape index (κ1) is 21.3. The predicted octanol–water partition coefficient (Wildman–Crippen LogP) is 6.90. The summed E-state index contributed by atoms with van der Waals surface area (Å²) in [6.45, 7) is 17.5. The molecule has 2 unspecified atom stereocenters. The van der Waals surface area contributed by atoms with Crippen LogP contribution in [0.25, 0.3) is 0 Å². The summed E-state index contributed by atoms with van der Waals surface area (Å²) in [5.41, 5.74) is 6.88. The Kier molecular flexibility index (Phi) is 5.46. The maximum Gasteiger partial charge on any atom is 0.121 e. The van der Waals surface area contributed by atoms with Crippen molar-refractivity contribution in [1.29, 1.82) is 0 Å². The minimum atomic E-state index is -0.109. The van der Waals surface area contributed by atoms with Crippen LogP contribution in [0.15, 0.2) is 48.2 Å². The summed E-state index contributed by atoms with van der Waals surface area (Å²) in [5, 5.41) is 17.9. The molecule has 0 amide bonds. The Morgan fingerprint density at radius 1 is 0.966 bits per heavy atom. The van der Waals surface area contributed by atoms with E-state index in [2.05, 4.69) is 103 Å². The Morgan fingerprint density at radius 3 is 2.21 bits per heavy atom. The topological polar surface area (TPSA) is 44.3 Å². The Labute approximate surface area is 176 Å². The number of hydrogen-bond acceptors (Lipinski definition) is 3. The summed E-state index contributed by atoms with van der Waals surface area (Å²) in [4.78, 5) is 0. The summed E-state index contributed by atoms with van der Waals surface area (Å²) in [5.74, 6) is 0.685. The molecule has 1 aliphatic rings. The molecule has 3 N–H and O–H groups in total. The molecule has 2 atom stereocenters. The van der Waals surface area contributed by atoms with Gasteiger partial charge in [-0.25, -0.2) is 0 Å². The molecule has 0 fully saturated rings. The molecular weight excluding hydrogens is 356 g/mol. The summed E-state index contributed by atoms with van der Waals surface area (Å²) in [6.07, 6.45) is 2.13. The number of nitrogens with one attached hydrogen (secondary N) is 2. The zero-order valence-corrected chi connectivity index (χ0v) is 19.1. The van der Waals surface area contributed by atoms with Gasteiger partial charge in [-0.15, -0.1) is 0 Å². The van der Waals surface area contributed by atoms with Crippen LogP contribution in [0.5, 0.6) is 5.75 Å². The lowest BCUT2D eigenvalue weighted by molar-refractivity contribution is 0.445. The highest BCUT2D eigenvalue weighted by molar-refractivity contribution is 5.64. The van der Waals surface area contributed by atoms with Crippen molar-refractivity contribution >= 4 is 11.4 Å². The fourth-order valence-corrected chi connectivity index (χ4v) is 4.22. The summed E-state index contributed by atoms with van der Waals surface area (Å²) in [6, 6.07) is 12.7. The maximum atomic E-state index is 10.8. The summed E-state index contributed by atoms with van der Waals surface area (Å²) >= 11 is 0. The van der Waals surface area contributed by atoms with Gasteiger partial charge >= 0.3 is 0 Å². The van der Waals surface area contributed by atoms with Crippen LogP contribution in [-0.4, -0.2) is 11.1 Å². The van der Waals surface area contributed by atoms with Crippen LogP contribution in [0.4, 0.5) is 11.4 Å². The van der Waals surface area contributed by atoms with E-state index in [9.17, 15) is 5.11 Å². The van der Waals surface area contributed by atoms with Crippen molar-refractivity contribution in [3.8, 4) is 5.75 Å². The predicted molar refractivity (Wildman–Crippen MR) is 125 cm³/mol. The monoisotopic (exact) mass is 392 g/mol. The fraction of sp³-hybridized carbons (Fsp3) is 0.462. The molecule has 3 heteroatoms. The second-order valence-electron chi connectivity index (χ2n) is 10.4. The summed E-state index contributed by atoms with van der Waals surface area (Å²) in [7, 11) is 0. The SMILES string of the molecule is CC(Nc1cc(O)c(C(C)(C)C)cc1C(C)(C)C)C1=CNc2ccccc2C1C. The fourth-order valence-electron chi connectivity index (χ4n) is 4.22. The smallest absolute Gasteiger partial charge is 0.121 e. The van der Waals surface area contributed by atoms with Crippen LogP contribution in [-0.2, 0) is 10.8 Å². The van der Waals surface area contributed by atoms with Crippen molar-refractivity contribution in [3.05, 3.63) is 64.9 Å². The normalized spacial score (nSPS) is 17.8. The number of rotatable bonds is 3. The molecule has 2 aromatic carbocycles. The molecule has 29 heavy (non-hydrogen) atoms. The Hall–Kier alpha value is -2.42. The molecule has 0 aliphatic carbocycles. The largest absolute Gasteiger partial charge is 0.508 e. The third-order valence-corrected chi connectivity index (χ3v) is 5.95. The third-order valence-electron chi connectivity index (χ3n) is 5.95. The molecule has 1 heterocycles. The minimum absolute atomic E-state index is 0.0346. The standard InChI is InChI=1S/C26H36N2O/c1-16-18-11-9-10-12-22(18)27-15-19(16)17(2)28-23-14-24(29)21(26(6,7)8)13-20(23)25(3,4)5/h9-17,27-29H,1-8H3. The number of para-hydroxylation sites is 1. The van der Waals surface area contributed by atoms with Crippen molar-refractivity contribution in [2.45, 2.75) is 78.2 Å². The number of hydrogen-bond donors (Lipinski definition) is 3. The van der Waals surface area contributed by atoms with Crippen molar-refractivity contribution < 1.29 is 5.11 Å². The number of phenols is 1. The van der Waals surface area contributed by atoms with Crippen LogP contribution >= 0.6 is 0 Å². The van der Waals surface area contributed by atoms with Crippen molar-refractivity contribution in [2.75, 3.05) is 10.6 Å². The van der Waals surface area contributed by atoms with Crippen LogP contribution < -0.4 is 10.6 Å². The van der Waals surface area contributed by atoms with Crippen molar-refractivity contribution in [3.63, 3.8) is 0 Å². The average Bonchev–Trinajstić information content (AvgIpc) is 2.60. The molecule has 3 nitrogen and oxygen atoms in total. The number of anilines is 2. The third kappa shape index (κ3) is 4.29. The lowest BCUT2D eigenvalue weighted by Gasteiger charge is -2.33. The molecule has 1 aliphatic heterocycles. The van der Waals surface area contributed by atoms with Crippen molar-refractivity contribution in [1.82, 2.24) is 0 Å². The Morgan fingerprint density at radius 2 is 1.59 bits per heavy atom. The van der Waals surface area contributed by atoms with Gasteiger partial charge in [0.2, 0.25) is 0 Å². The van der Waals surface area contributed by atoms with E-state index in [1.165, 1.54) is 22.4 Å². The van der Waals surface area contributed by atoms with Gasteiger partial charge in [-0.05, 0) is 52.1 Å². The first-order valence-electron chi connectivity index (χ1n) is 10.6. The van der Waals surface area contributed by atoms with Gasteiger partial charge in [-0.2, -0.15) is 0 Å². The average molecular weight is 393 g/mol. The molecule has 3 rings (SSSR count). The van der Waals surface area contributed by atoms with E-state index in [-0.39, 0.29) is 16.9 Å². The van der Waals surface area contributed by atoms with Gasteiger partial charge in [0, 0.05) is 35.6 Å². The zero-order chi connectivity index (χ0) is 21.6. The number of fused-ring (bicyclic) bond motifs is 1. The van der Waals surface area contributed by atoms with E-state index < -0.39 is 0 Å². The van der Waals surface area contributed by atoms with Gasteiger partial charge in [-0.3, -0.25) is 0 Å². The lowest BCUT2D eigenvalue weighted by atomic mass is 9.79. The molecule has 0 radical (unpaired) electrons. The molecule has 0 bridgehead atoms. The molecule has 156 valence electrons.